The van der Waals surface area contributed by atoms with Crippen molar-refractivity contribution in [2.45, 2.75) is 25.8 Å². The van der Waals surface area contributed by atoms with Gasteiger partial charge in [0.05, 0.1) is 18.9 Å². The third-order valence-corrected chi connectivity index (χ3v) is 6.33. The van der Waals surface area contributed by atoms with Crippen LogP contribution in [-0.2, 0) is 27.3 Å². The summed E-state index contributed by atoms with van der Waals surface area (Å²) in [5.74, 6) is -0.684. The highest BCUT2D eigenvalue weighted by molar-refractivity contribution is 7.10. The summed E-state index contributed by atoms with van der Waals surface area (Å²) in [4.78, 5) is 29.7. The van der Waals surface area contributed by atoms with E-state index in [1.807, 2.05) is 4.90 Å². The largest absolute Gasteiger partial charge is 0.378 e. The summed E-state index contributed by atoms with van der Waals surface area (Å²) in [6.45, 7) is 3.77. The number of thiophene rings is 1. The topological polar surface area (TPSA) is 61.9 Å². The van der Waals surface area contributed by atoms with Crippen molar-refractivity contribution < 1.29 is 18.7 Å². The van der Waals surface area contributed by atoms with Gasteiger partial charge in [-0.15, -0.1) is 11.3 Å². The van der Waals surface area contributed by atoms with Gasteiger partial charge in [0.15, 0.2) is 0 Å². The molecule has 2 amide bonds. The van der Waals surface area contributed by atoms with E-state index in [1.54, 1.807) is 28.4 Å². The molecule has 29 heavy (non-hydrogen) atoms. The second kappa shape index (κ2) is 8.92. The zero-order valence-electron chi connectivity index (χ0n) is 16.2. The number of carbonyl (C=O) groups excluding carboxylic acids is 2. The third kappa shape index (κ3) is 4.76. The summed E-state index contributed by atoms with van der Waals surface area (Å²) in [6, 6.07) is 6.75. The van der Waals surface area contributed by atoms with Gasteiger partial charge in [-0.3, -0.25) is 9.59 Å². The lowest BCUT2D eigenvalue weighted by Gasteiger charge is -2.29. The molecule has 6 nitrogen and oxygen atoms in total. The highest BCUT2D eigenvalue weighted by Gasteiger charge is 2.22. The molecule has 0 unspecified atom stereocenters. The van der Waals surface area contributed by atoms with Crippen molar-refractivity contribution in [2.24, 2.45) is 0 Å². The van der Waals surface area contributed by atoms with Crippen molar-refractivity contribution in [3.05, 3.63) is 45.9 Å². The minimum Gasteiger partial charge on any atom is -0.378 e. The molecule has 0 bridgehead atoms. The number of hydrogen-bond acceptors (Lipinski definition) is 5. The molecule has 0 spiro atoms. The van der Waals surface area contributed by atoms with Crippen LogP contribution in [0.2, 0.25) is 0 Å². The molecule has 3 heterocycles. The first-order chi connectivity index (χ1) is 14.1. The van der Waals surface area contributed by atoms with Gasteiger partial charge in [0.25, 0.3) is 0 Å². The van der Waals surface area contributed by atoms with Crippen molar-refractivity contribution in [2.75, 3.05) is 43.1 Å². The zero-order valence-corrected chi connectivity index (χ0v) is 17.0. The Morgan fingerprint density at radius 1 is 1.14 bits per heavy atom. The molecular weight excluding hydrogens is 393 g/mol. The van der Waals surface area contributed by atoms with Crippen LogP contribution < -0.4 is 10.2 Å². The summed E-state index contributed by atoms with van der Waals surface area (Å²) in [7, 11) is 0. The monoisotopic (exact) mass is 417 g/mol. The lowest BCUT2D eigenvalue weighted by molar-refractivity contribution is -0.133. The average molecular weight is 418 g/mol. The summed E-state index contributed by atoms with van der Waals surface area (Å²) in [5, 5.41) is 4.74. The summed E-state index contributed by atoms with van der Waals surface area (Å²) in [6.07, 6.45) is 1.11. The standard InChI is InChI=1S/C21H24FN3O3S/c22-17-13-16(1-2-18(17)24-8-10-28-11-9-24)23-20(26)3-4-21(27)25-7-5-19-15(14-25)6-12-29-19/h1-2,6,12-13H,3-5,7-11,14H2,(H,23,26). The molecule has 4 rings (SSSR count). The van der Waals surface area contributed by atoms with E-state index < -0.39 is 0 Å². The molecule has 0 aliphatic carbocycles. The number of ether oxygens (including phenoxy) is 1. The molecule has 1 aromatic carbocycles. The van der Waals surface area contributed by atoms with Gasteiger partial charge >= 0.3 is 0 Å². The van der Waals surface area contributed by atoms with Gasteiger partial charge in [-0.2, -0.15) is 0 Å². The van der Waals surface area contributed by atoms with Crippen LogP contribution in [-0.4, -0.2) is 49.6 Å². The molecule has 154 valence electrons. The number of morpholine rings is 1. The number of rotatable bonds is 5. The normalized spacial score (nSPS) is 16.4. The van der Waals surface area contributed by atoms with E-state index in [0.29, 0.717) is 50.8 Å². The molecule has 1 fully saturated rings. The highest BCUT2D eigenvalue weighted by atomic mass is 32.1. The maximum absolute atomic E-state index is 14.4. The Morgan fingerprint density at radius 2 is 1.97 bits per heavy atom. The number of nitrogens with zero attached hydrogens (tertiary/aromatic N) is 2. The van der Waals surface area contributed by atoms with E-state index in [0.717, 1.165) is 6.42 Å². The van der Waals surface area contributed by atoms with Crippen LogP contribution in [0.4, 0.5) is 15.8 Å². The van der Waals surface area contributed by atoms with Crippen LogP contribution in [0.1, 0.15) is 23.3 Å². The van der Waals surface area contributed by atoms with Gasteiger partial charge in [-0.05, 0) is 41.6 Å². The van der Waals surface area contributed by atoms with Gasteiger partial charge in [-0.1, -0.05) is 0 Å². The minimum atomic E-state index is -0.374. The van der Waals surface area contributed by atoms with Crippen LogP contribution in [0.25, 0.3) is 0 Å². The van der Waals surface area contributed by atoms with Crippen LogP contribution in [0, 0.1) is 5.82 Å². The van der Waals surface area contributed by atoms with E-state index in [1.165, 1.54) is 16.5 Å². The molecule has 0 atom stereocenters. The Balaban J connectivity index is 1.27. The van der Waals surface area contributed by atoms with E-state index >= 15 is 0 Å². The van der Waals surface area contributed by atoms with Crippen molar-refractivity contribution in [3.63, 3.8) is 0 Å². The Morgan fingerprint density at radius 3 is 2.76 bits per heavy atom. The van der Waals surface area contributed by atoms with Crippen LogP contribution in [0.3, 0.4) is 0 Å². The van der Waals surface area contributed by atoms with Crippen LogP contribution in [0.5, 0.6) is 0 Å². The SMILES string of the molecule is O=C(CCC(=O)N1CCc2sccc2C1)Nc1ccc(N2CCOCC2)c(F)c1. The van der Waals surface area contributed by atoms with Gasteiger partial charge in [-0.25, -0.2) is 4.39 Å². The Kier molecular flexibility index (Phi) is 6.10. The van der Waals surface area contributed by atoms with Crippen molar-refractivity contribution in [1.29, 1.82) is 0 Å². The predicted molar refractivity (Wildman–Crippen MR) is 111 cm³/mol. The summed E-state index contributed by atoms with van der Waals surface area (Å²) in [5.41, 5.74) is 2.12. The lowest BCUT2D eigenvalue weighted by Crippen LogP contribution is -2.36. The number of benzene rings is 1. The molecule has 0 radical (unpaired) electrons. The van der Waals surface area contributed by atoms with Gasteiger partial charge in [0.1, 0.15) is 5.82 Å². The van der Waals surface area contributed by atoms with Gasteiger partial charge in [0, 0.05) is 49.6 Å². The van der Waals surface area contributed by atoms with E-state index in [2.05, 4.69) is 16.8 Å². The first kappa shape index (κ1) is 19.8. The fourth-order valence-electron chi connectivity index (χ4n) is 3.71. The first-order valence-electron chi connectivity index (χ1n) is 9.85. The van der Waals surface area contributed by atoms with Crippen LogP contribution >= 0.6 is 11.3 Å². The number of fused-ring (bicyclic) bond motifs is 1. The number of amides is 2. The van der Waals surface area contributed by atoms with Crippen molar-refractivity contribution in [1.82, 2.24) is 4.90 Å². The van der Waals surface area contributed by atoms with Crippen molar-refractivity contribution >= 4 is 34.5 Å². The zero-order chi connectivity index (χ0) is 20.2. The molecule has 1 N–H and O–H groups in total. The first-order valence-corrected chi connectivity index (χ1v) is 10.7. The number of hydrogen-bond donors (Lipinski definition) is 1. The average Bonchev–Trinajstić information content (AvgIpc) is 3.20. The number of anilines is 2. The van der Waals surface area contributed by atoms with Crippen LogP contribution in [0.15, 0.2) is 29.6 Å². The quantitative estimate of drug-likeness (QED) is 0.812. The number of nitrogens with one attached hydrogen (secondary N) is 1. The molecule has 8 heteroatoms. The molecular formula is C21H24FN3O3S. The lowest BCUT2D eigenvalue weighted by atomic mass is 10.1. The van der Waals surface area contributed by atoms with Gasteiger partial charge < -0.3 is 19.9 Å². The third-order valence-electron chi connectivity index (χ3n) is 5.31. The second-order valence-corrected chi connectivity index (χ2v) is 8.25. The Hall–Kier alpha value is -2.45. The molecule has 2 aliphatic heterocycles. The smallest absolute Gasteiger partial charge is 0.224 e. The maximum Gasteiger partial charge on any atom is 0.224 e. The number of halogens is 1. The van der Waals surface area contributed by atoms with Gasteiger partial charge in [0.2, 0.25) is 11.8 Å². The molecule has 1 aromatic heterocycles. The highest BCUT2D eigenvalue weighted by Crippen LogP contribution is 2.25. The van der Waals surface area contributed by atoms with E-state index in [4.69, 9.17) is 4.74 Å². The summed E-state index contributed by atoms with van der Waals surface area (Å²) >= 11 is 1.73. The second-order valence-electron chi connectivity index (χ2n) is 7.25. The fourth-order valence-corrected chi connectivity index (χ4v) is 4.60. The van der Waals surface area contributed by atoms with E-state index in [-0.39, 0.29) is 30.5 Å². The fraction of sp³-hybridized carbons (Fsp3) is 0.429. The maximum atomic E-state index is 14.4. The predicted octanol–water partition coefficient (Wildman–Crippen LogP) is 3.03. The molecule has 1 saturated heterocycles. The molecule has 2 aromatic rings. The van der Waals surface area contributed by atoms with E-state index in [9.17, 15) is 14.0 Å². The molecule has 2 aliphatic rings. The number of carbonyl (C=O) groups is 2. The summed E-state index contributed by atoms with van der Waals surface area (Å²) < 4.78 is 19.7. The Labute approximate surface area is 173 Å². The molecule has 0 saturated carbocycles. The van der Waals surface area contributed by atoms with Crippen molar-refractivity contribution in [3.8, 4) is 0 Å². The minimum absolute atomic E-state index is 0.0224. The Bertz CT molecular complexity index is 895.